The summed E-state index contributed by atoms with van der Waals surface area (Å²) < 4.78 is 10.8. The second kappa shape index (κ2) is 9.91. The number of carbonyl (C=O) groups is 2. The summed E-state index contributed by atoms with van der Waals surface area (Å²) in [5.74, 6) is -0.562. The molecule has 0 fully saturated rings. The number of hydrogen-bond donors (Lipinski definition) is 0. The molecule has 0 saturated carbocycles. The normalized spacial score (nSPS) is 12.4. The molecule has 0 spiro atoms. The van der Waals surface area contributed by atoms with E-state index in [9.17, 15) is 9.59 Å². The maximum Gasteiger partial charge on any atom is 0.311 e. The molecule has 0 aliphatic heterocycles. The Morgan fingerprint density at radius 1 is 0.955 bits per heavy atom. The van der Waals surface area contributed by atoms with Crippen molar-refractivity contribution in [2.75, 3.05) is 10.7 Å². The van der Waals surface area contributed by atoms with Gasteiger partial charge in [0.15, 0.2) is 0 Å². The SMILES string of the molecule is CC(C)(C)OC(=O)CCCCC(C)(C)OC(=O)C(CBr)CBr. The minimum absolute atomic E-state index is 0.180. The smallest absolute Gasteiger partial charge is 0.311 e. The van der Waals surface area contributed by atoms with Crippen LogP contribution in [0.4, 0.5) is 0 Å². The van der Waals surface area contributed by atoms with E-state index >= 15 is 0 Å². The van der Waals surface area contributed by atoms with Gasteiger partial charge in [0.1, 0.15) is 11.2 Å². The third kappa shape index (κ3) is 10.6. The first kappa shape index (κ1) is 21.9. The van der Waals surface area contributed by atoms with Gasteiger partial charge in [0.2, 0.25) is 0 Å². The van der Waals surface area contributed by atoms with E-state index in [0.717, 1.165) is 19.3 Å². The van der Waals surface area contributed by atoms with E-state index in [0.29, 0.717) is 17.1 Å². The molecule has 0 aromatic carbocycles. The van der Waals surface area contributed by atoms with E-state index in [1.807, 2.05) is 34.6 Å². The Morgan fingerprint density at radius 3 is 1.95 bits per heavy atom. The highest BCUT2D eigenvalue weighted by molar-refractivity contribution is 9.09. The van der Waals surface area contributed by atoms with Crippen LogP contribution in [-0.2, 0) is 19.1 Å². The maximum atomic E-state index is 12.0. The lowest BCUT2D eigenvalue weighted by atomic mass is 10.00. The van der Waals surface area contributed by atoms with E-state index in [1.54, 1.807) is 0 Å². The molecular formula is C16H28Br2O4. The molecule has 0 radical (unpaired) electrons. The zero-order chi connectivity index (χ0) is 17.4. The molecule has 0 aliphatic carbocycles. The minimum Gasteiger partial charge on any atom is -0.460 e. The molecule has 22 heavy (non-hydrogen) atoms. The van der Waals surface area contributed by atoms with Crippen molar-refractivity contribution in [3.05, 3.63) is 0 Å². The minimum atomic E-state index is -0.520. The zero-order valence-corrected chi connectivity index (χ0v) is 17.4. The molecule has 0 amide bonds. The monoisotopic (exact) mass is 442 g/mol. The topological polar surface area (TPSA) is 52.6 Å². The predicted molar refractivity (Wildman–Crippen MR) is 95.6 cm³/mol. The largest absolute Gasteiger partial charge is 0.460 e. The Kier molecular flexibility index (Phi) is 9.86. The van der Waals surface area contributed by atoms with Crippen molar-refractivity contribution in [2.24, 2.45) is 5.92 Å². The molecule has 0 aliphatic rings. The fourth-order valence-electron chi connectivity index (χ4n) is 1.79. The summed E-state index contributed by atoms with van der Waals surface area (Å²) in [7, 11) is 0. The number of hydrogen-bond acceptors (Lipinski definition) is 4. The van der Waals surface area contributed by atoms with Gasteiger partial charge in [0, 0.05) is 17.1 Å². The highest BCUT2D eigenvalue weighted by Gasteiger charge is 2.27. The molecule has 0 N–H and O–H groups in total. The lowest BCUT2D eigenvalue weighted by Crippen LogP contribution is -2.32. The molecule has 0 atom stereocenters. The number of halogens is 2. The number of unbranched alkanes of at least 4 members (excludes halogenated alkanes) is 1. The van der Waals surface area contributed by atoms with Crippen molar-refractivity contribution in [3.8, 4) is 0 Å². The summed E-state index contributed by atoms with van der Waals surface area (Å²) in [6, 6.07) is 0. The number of alkyl halides is 2. The van der Waals surface area contributed by atoms with E-state index in [4.69, 9.17) is 9.47 Å². The highest BCUT2D eigenvalue weighted by atomic mass is 79.9. The number of esters is 2. The molecular weight excluding hydrogens is 416 g/mol. The quantitative estimate of drug-likeness (QED) is 0.296. The van der Waals surface area contributed by atoms with E-state index in [-0.39, 0.29) is 17.9 Å². The fraction of sp³-hybridized carbons (Fsp3) is 0.875. The van der Waals surface area contributed by atoms with Gasteiger partial charge in [-0.3, -0.25) is 9.59 Å². The van der Waals surface area contributed by atoms with E-state index in [1.165, 1.54) is 0 Å². The molecule has 4 nitrogen and oxygen atoms in total. The Labute approximate surface area is 150 Å². The molecule has 0 saturated heterocycles. The average Bonchev–Trinajstić information content (AvgIpc) is 2.33. The van der Waals surface area contributed by atoms with Crippen LogP contribution in [0, 0.1) is 5.92 Å². The van der Waals surface area contributed by atoms with Crippen molar-refractivity contribution >= 4 is 43.8 Å². The molecule has 130 valence electrons. The number of ether oxygens (including phenoxy) is 2. The van der Waals surface area contributed by atoms with Crippen LogP contribution in [0.25, 0.3) is 0 Å². The van der Waals surface area contributed by atoms with Crippen molar-refractivity contribution in [1.82, 2.24) is 0 Å². The molecule has 0 unspecified atom stereocenters. The first-order chi connectivity index (χ1) is 10.0. The van der Waals surface area contributed by atoms with Gasteiger partial charge in [-0.25, -0.2) is 0 Å². The van der Waals surface area contributed by atoms with Crippen LogP contribution in [0.3, 0.4) is 0 Å². The average molecular weight is 444 g/mol. The number of carbonyl (C=O) groups excluding carboxylic acids is 2. The molecule has 0 aromatic heterocycles. The lowest BCUT2D eigenvalue weighted by molar-refractivity contribution is -0.161. The van der Waals surface area contributed by atoms with Gasteiger partial charge in [0.05, 0.1) is 5.92 Å². The van der Waals surface area contributed by atoms with Crippen molar-refractivity contribution in [1.29, 1.82) is 0 Å². The van der Waals surface area contributed by atoms with Crippen LogP contribution < -0.4 is 0 Å². The summed E-state index contributed by atoms with van der Waals surface area (Å²) >= 11 is 6.61. The first-order valence-electron chi connectivity index (χ1n) is 7.57. The predicted octanol–water partition coefficient (Wildman–Crippen LogP) is 4.62. The van der Waals surface area contributed by atoms with E-state index < -0.39 is 11.2 Å². The summed E-state index contributed by atoms with van der Waals surface area (Å²) in [6.45, 7) is 9.38. The third-order valence-corrected chi connectivity index (χ3v) is 4.48. The highest BCUT2D eigenvalue weighted by Crippen LogP contribution is 2.22. The first-order valence-corrected chi connectivity index (χ1v) is 9.81. The van der Waals surface area contributed by atoms with Crippen LogP contribution in [-0.4, -0.2) is 33.8 Å². The van der Waals surface area contributed by atoms with Crippen molar-refractivity contribution in [3.63, 3.8) is 0 Å². The van der Waals surface area contributed by atoms with Gasteiger partial charge < -0.3 is 9.47 Å². The van der Waals surface area contributed by atoms with Crippen LogP contribution >= 0.6 is 31.9 Å². The zero-order valence-electron chi connectivity index (χ0n) is 14.2. The molecule has 0 rings (SSSR count). The second-order valence-corrected chi connectivity index (χ2v) is 8.27. The number of rotatable bonds is 9. The second-order valence-electron chi connectivity index (χ2n) is 6.98. The lowest BCUT2D eigenvalue weighted by Gasteiger charge is -2.27. The van der Waals surface area contributed by atoms with Gasteiger partial charge in [0.25, 0.3) is 0 Å². The van der Waals surface area contributed by atoms with Gasteiger partial charge in [-0.05, 0) is 53.9 Å². The van der Waals surface area contributed by atoms with Gasteiger partial charge in [-0.2, -0.15) is 0 Å². The standard InChI is InChI=1S/C16H28Br2O4/c1-15(2,3)21-13(19)8-6-7-9-16(4,5)22-14(20)12(10-17)11-18/h12H,6-11H2,1-5H3. The Hall–Kier alpha value is -0.100. The Balaban J connectivity index is 4.08. The molecule has 6 heteroatoms. The Morgan fingerprint density at radius 2 is 1.50 bits per heavy atom. The summed E-state index contributed by atoms with van der Waals surface area (Å²) in [4.78, 5) is 23.6. The van der Waals surface area contributed by atoms with Crippen LogP contribution in [0.2, 0.25) is 0 Å². The van der Waals surface area contributed by atoms with Crippen LogP contribution in [0.5, 0.6) is 0 Å². The molecule has 0 bridgehead atoms. The van der Waals surface area contributed by atoms with Gasteiger partial charge in [-0.15, -0.1) is 0 Å². The fourth-order valence-corrected chi connectivity index (χ4v) is 3.39. The van der Waals surface area contributed by atoms with Gasteiger partial charge >= 0.3 is 11.9 Å². The van der Waals surface area contributed by atoms with Crippen molar-refractivity contribution in [2.45, 2.75) is 71.5 Å². The molecule has 0 aromatic rings. The van der Waals surface area contributed by atoms with Crippen molar-refractivity contribution < 1.29 is 19.1 Å². The van der Waals surface area contributed by atoms with E-state index in [2.05, 4.69) is 31.9 Å². The molecule has 0 heterocycles. The van der Waals surface area contributed by atoms with Crippen LogP contribution in [0.15, 0.2) is 0 Å². The summed E-state index contributed by atoms with van der Waals surface area (Å²) in [5, 5.41) is 1.15. The van der Waals surface area contributed by atoms with Gasteiger partial charge in [-0.1, -0.05) is 31.9 Å². The van der Waals surface area contributed by atoms with Crippen LogP contribution in [0.1, 0.15) is 60.3 Å². The summed E-state index contributed by atoms with van der Waals surface area (Å²) in [6.07, 6.45) is 2.66. The third-order valence-electron chi connectivity index (χ3n) is 2.91. The maximum absolute atomic E-state index is 12.0. The summed E-state index contributed by atoms with van der Waals surface area (Å²) in [5.41, 5.74) is -0.958. The Bertz CT molecular complexity index is 358.